The van der Waals surface area contributed by atoms with Gasteiger partial charge in [-0.05, 0) is 17.6 Å². The minimum Gasteiger partial charge on any atom is -0.500 e. The number of benzene rings is 1. The van der Waals surface area contributed by atoms with Crippen LogP contribution in [-0.2, 0) is 0 Å². The second-order valence-electron chi connectivity index (χ2n) is 2.58. The van der Waals surface area contributed by atoms with Crippen molar-refractivity contribution in [1.29, 1.82) is 0 Å². The fourth-order valence-electron chi connectivity index (χ4n) is 1.05. The van der Waals surface area contributed by atoms with E-state index in [1.54, 1.807) is 0 Å². The summed E-state index contributed by atoms with van der Waals surface area (Å²) in [5, 5.41) is -0.336. The lowest BCUT2D eigenvalue weighted by Crippen LogP contribution is -2.36. The van der Waals surface area contributed by atoms with Gasteiger partial charge in [0.25, 0.3) is 0 Å². The van der Waals surface area contributed by atoms with Crippen LogP contribution in [0.5, 0.6) is 5.75 Å². The Labute approximate surface area is 88.8 Å². The van der Waals surface area contributed by atoms with E-state index in [-0.39, 0.29) is 10.8 Å². The van der Waals surface area contributed by atoms with E-state index in [9.17, 15) is 12.9 Å². The maximum atomic E-state index is 12.5. The smallest absolute Gasteiger partial charge is 0.500 e. The average molecular weight is 244 g/mol. The zero-order valence-electron chi connectivity index (χ0n) is 7.03. The summed E-state index contributed by atoms with van der Waals surface area (Å²) in [5.41, 5.74) is -0.946. The molecule has 0 saturated heterocycles. The Morgan fingerprint density at radius 3 is 2.21 bits per heavy atom. The molecule has 1 rings (SSSR count). The van der Waals surface area contributed by atoms with Gasteiger partial charge in [-0.15, -0.1) is 0 Å². The van der Waals surface area contributed by atoms with E-state index in [0.29, 0.717) is 0 Å². The van der Waals surface area contributed by atoms with E-state index in [1.807, 2.05) is 0 Å². The standard InChI is InChI=1S/C7H5BCl2F3O/c1-14-6-3-4(9)2-5(10)7(6)8(11,12)13/h2-3H,1H3/q-1. The molecule has 0 bridgehead atoms. The summed E-state index contributed by atoms with van der Waals surface area (Å²) in [6.45, 7) is -5.19. The highest BCUT2D eigenvalue weighted by atomic mass is 35.5. The zero-order valence-corrected chi connectivity index (χ0v) is 8.54. The fraction of sp³-hybridized carbons (Fsp3) is 0.143. The second kappa shape index (κ2) is 3.91. The molecule has 0 saturated carbocycles. The molecule has 0 heterocycles. The molecule has 0 amide bonds. The van der Waals surface area contributed by atoms with Crippen molar-refractivity contribution in [1.82, 2.24) is 0 Å². The first kappa shape index (κ1) is 11.5. The van der Waals surface area contributed by atoms with Crippen LogP contribution in [0.3, 0.4) is 0 Å². The minimum atomic E-state index is -5.19. The van der Waals surface area contributed by atoms with Gasteiger partial charge in [0.1, 0.15) is 0 Å². The Morgan fingerprint density at radius 2 is 1.79 bits per heavy atom. The van der Waals surface area contributed by atoms with Gasteiger partial charge in [0.15, 0.2) is 0 Å². The van der Waals surface area contributed by atoms with Crippen molar-refractivity contribution in [2.45, 2.75) is 0 Å². The molecule has 0 aliphatic heterocycles. The van der Waals surface area contributed by atoms with Crippen molar-refractivity contribution in [3.05, 3.63) is 22.2 Å². The Bertz CT molecular complexity index is 354. The minimum absolute atomic E-state index is 0.107. The highest BCUT2D eigenvalue weighted by Crippen LogP contribution is 2.27. The van der Waals surface area contributed by atoms with Crippen LogP contribution in [0.4, 0.5) is 12.9 Å². The first-order chi connectivity index (χ1) is 6.36. The Hall–Kier alpha value is -0.545. The lowest BCUT2D eigenvalue weighted by atomic mass is 9.79. The highest BCUT2D eigenvalue weighted by Gasteiger charge is 2.32. The molecule has 0 N–H and O–H groups in total. The number of hydrogen-bond acceptors (Lipinski definition) is 1. The van der Waals surface area contributed by atoms with Crippen LogP contribution >= 0.6 is 23.2 Å². The van der Waals surface area contributed by atoms with Gasteiger partial charge in [0.2, 0.25) is 0 Å². The third-order valence-corrected chi connectivity index (χ3v) is 2.13. The normalized spacial score (nSPS) is 11.6. The molecule has 0 unspecified atom stereocenters. The quantitative estimate of drug-likeness (QED) is 0.726. The number of halogens is 5. The van der Waals surface area contributed by atoms with E-state index in [0.717, 1.165) is 19.2 Å². The average Bonchev–Trinajstić information content (AvgIpc) is 1.99. The van der Waals surface area contributed by atoms with E-state index in [1.165, 1.54) is 0 Å². The molecule has 7 heteroatoms. The molecule has 0 radical (unpaired) electrons. The van der Waals surface area contributed by atoms with Crippen LogP contribution in [-0.4, -0.2) is 14.1 Å². The van der Waals surface area contributed by atoms with E-state index in [2.05, 4.69) is 4.74 Å². The van der Waals surface area contributed by atoms with Gasteiger partial charge < -0.3 is 17.7 Å². The van der Waals surface area contributed by atoms with Crippen LogP contribution in [0.1, 0.15) is 0 Å². The van der Waals surface area contributed by atoms with E-state index < -0.39 is 17.5 Å². The Morgan fingerprint density at radius 1 is 1.21 bits per heavy atom. The van der Waals surface area contributed by atoms with Gasteiger partial charge in [-0.25, -0.2) is 0 Å². The number of rotatable bonds is 2. The third kappa shape index (κ3) is 2.28. The topological polar surface area (TPSA) is 9.23 Å². The van der Waals surface area contributed by atoms with Crippen LogP contribution in [0, 0.1) is 0 Å². The van der Waals surface area contributed by atoms with Crippen LogP contribution < -0.4 is 10.2 Å². The first-order valence-electron chi connectivity index (χ1n) is 3.59. The molecular formula is C7H5BCl2F3O-. The van der Waals surface area contributed by atoms with Crippen molar-refractivity contribution in [3.8, 4) is 5.75 Å². The van der Waals surface area contributed by atoms with Crippen molar-refractivity contribution < 1.29 is 17.7 Å². The molecule has 1 nitrogen and oxygen atoms in total. The van der Waals surface area contributed by atoms with Gasteiger partial charge in [-0.2, -0.15) is 0 Å². The second-order valence-corrected chi connectivity index (χ2v) is 3.42. The number of ether oxygens (including phenoxy) is 1. The van der Waals surface area contributed by atoms with Crippen molar-refractivity contribution >= 4 is 35.6 Å². The molecule has 78 valence electrons. The summed E-state index contributed by atoms with van der Waals surface area (Å²) in [6.07, 6.45) is 0. The fourth-order valence-corrected chi connectivity index (χ4v) is 1.65. The number of hydrogen-bond donors (Lipinski definition) is 0. The molecule has 1 aromatic carbocycles. The van der Waals surface area contributed by atoms with E-state index in [4.69, 9.17) is 23.2 Å². The molecule has 0 atom stereocenters. The third-order valence-electron chi connectivity index (χ3n) is 1.60. The summed E-state index contributed by atoms with van der Waals surface area (Å²) in [6, 6.07) is 2.12. The molecular weight excluding hydrogens is 239 g/mol. The van der Waals surface area contributed by atoms with Gasteiger partial charge in [-0.1, -0.05) is 23.2 Å². The molecule has 0 spiro atoms. The van der Waals surface area contributed by atoms with Gasteiger partial charge in [-0.3, -0.25) is 0 Å². The predicted molar refractivity (Wildman–Crippen MR) is 51.7 cm³/mol. The van der Waals surface area contributed by atoms with Crippen LogP contribution in [0.15, 0.2) is 12.1 Å². The monoisotopic (exact) mass is 243 g/mol. The van der Waals surface area contributed by atoms with Crippen LogP contribution in [0.25, 0.3) is 0 Å². The molecule has 14 heavy (non-hydrogen) atoms. The predicted octanol–water partition coefficient (Wildman–Crippen LogP) is 3.06. The largest absolute Gasteiger partial charge is 0.514 e. The molecule has 0 aliphatic carbocycles. The van der Waals surface area contributed by atoms with Crippen molar-refractivity contribution in [2.24, 2.45) is 0 Å². The SMILES string of the molecule is COc1cc(Cl)cc(Cl)c1[B-](F)(F)F. The summed E-state index contributed by atoms with van der Waals surface area (Å²) in [7, 11) is 1.13. The van der Waals surface area contributed by atoms with Crippen LogP contribution in [0.2, 0.25) is 10.0 Å². The molecule has 1 aromatic rings. The summed E-state index contributed by atoms with van der Waals surface area (Å²) >= 11 is 11.0. The van der Waals surface area contributed by atoms with Gasteiger partial charge in [0, 0.05) is 10.0 Å². The number of methoxy groups -OCH3 is 1. The molecule has 0 aliphatic rings. The summed E-state index contributed by atoms with van der Waals surface area (Å²) in [5.74, 6) is -0.352. The Balaban J connectivity index is 3.40. The van der Waals surface area contributed by atoms with Gasteiger partial charge >= 0.3 is 6.98 Å². The maximum absolute atomic E-state index is 12.5. The lowest BCUT2D eigenvalue weighted by Gasteiger charge is -2.20. The maximum Gasteiger partial charge on any atom is 0.514 e. The lowest BCUT2D eigenvalue weighted by molar-refractivity contribution is 0.412. The summed E-state index contributed by atoms with van der Waals surface area (Å²) < 4.78 is 42.0. The molecule has 0 fully saturated rings. The molecule has 0 aromatic heterocycles. The van der Waals surface area contributed by atoms with Crippen molar-refractivity contribution in [2.75, 3.05) is 7.11 Å². The van der Waals surface area contributed by atoms with E-state index >= 15 is 0 Å². The first-order valence-corrected chi connectivity index (χ1v) is 4.34. The highest BCUT2D eigenvalue weighted by molar-refractivity contribution is 6.76. The zero-order chi connectivity index (χ0) is 10.9. The Kier molecular flexibility index (Phi) is 3.22. The van der Waals surface area contributed by atoms with Crippen molar-refractivity contribution in [3.63, 3.8) is 0 Å². The van der Waals surface area contributed by atoms with Gasteiger partial charge in [0.05, 0.1) is 12.9 Å². The summed E-state index contributed by atoms with van der Waals surface area (Å²) in [4.78, 5) is 0.